The summed E-state index contributed by atoms with van der Waals surface area (Å²) in [6.07, 6.45) is 2.61. The van der Waals surface area contributed by atoms with Gasteiger partial charge in [-0.05, 0) is 49.0 Å². The zero-order valence-electron chi connectivity index (χ0n) is 15.0. The van der Waals surface area contributed by atoms with Crippen molar-refractivity contribution < 1.29 is 9.47 Å². The fourth-order valence-corrected chi connectivity index (χ4v) is 2.72. The minimum Gasteiger partial charge on any atom is -0.490 e. The highest BCUT2D eigenvalue weighted by Gasteiger charge is 2.08. The molecule has 3 aromatic rings. The molecule has 0 amide bonds. The van der Waals surface area contributed by atoms with Crippen LogP contribution in [0.1, 0.15) is 18.1 Å². The average molecular weight is 417 g/mol. The minimum absolute atomic E-state index is 0.105. The van der Waals surface area contributed by atoms with E-state index in [0.717, 1.165) is 16.4 Å². The van der Waals surface area contributed by atoms with E-state index in [-0.39, 0.29) is 4.77 Å². The number of rotatable bonds is 7. The lowest BCUT2D eigenvalue weighted by Gasteiger charge is -2.13. The number of benzene rings is 2. The van der Waals surface area contributed by atoms with Gasteiger partial charge >= 0.3 is 0 Å². The van der Waals surface area contributed by atoms with E-state index < -0.39 is 5.56 Å². The summed E-state index contributed by atoms with van der Waals surface area (Å²) in [5.74, 6) is 1.14. The van der Waals surface area contributed by atoms with Crippen LogP contribution in [-0.2, 0) is 6.61 Å². The van der Waals surface area contributed by atoms with Crippen LogP contribution >= 0.6 is 23.8 Å². The molecule has 0 atom stereocenters. The lowest BCUT2D eigenvalue weighted by molar-refractivity contribution is 0.269. The molecular formula is C19H17ClN4O3S. The maximum absolute atomic E-state index is 11.8. The van der Waals surface area contributed by atoms with E-state index >= 15 is 0 Å². The standard InChI is InChI=1S/C19H17ClN4O3S/c1-2-26-17-9-13(10-22-24-18(25)11-21-23-19(24)28)7-8-16(17)27-12-14-5-3-4-6-15(14)20/h3-11H,2,12H2,1H3,(H,23,28)/b22-10-. The molecule has 28 heavy (non-hydrogen) atoms. The van der Waals surface area contributed by atoms with Gasteiger partial charge in [-0.15, -0.1) is 0 Å². The quantitative estimate of drug-likeness (QED) is 0.467. The van der Waals surface area contributed by atoms with Gasteiger partial charge in [0.15, 0.2) is 11.5 Å². The number of hydrogen-bond acceptors (Lipinski definition) is 6. The van der Waals surface area contributed by atoms with Gasteiger partial charge in [-0.25, -0.2) is 0 Å². The number of ether oxygens (including phenoxy) is 2. The Balaban J connectivity index is 1.82. The van der Waals surface area contributed by atoms with E-state index in [4.69, 9.17) is 33.3 Å². The summed E-state index contributed by atoms with van der Waals surface area (Å²) in [7, 11) is 0. The molecule has 0 unspecified atom stereocenters. The van der Waals surface area contributed by atoms with Gasteiger partial charge < -0.3 is 9.47 Å². The van der Waals surface area contributed by atoms with Crippen LogP contribution in [-0.4, -0.2) is 27.7 Å². The number of H-pyrrole nitrogens is 1. The van der Waals surface area contributed by atoms with Crippen LogP contribution in [0.3, 0.4) is 0 Å². The van der Waals surface area contributed by atoms with Crippen LogP contribution in [0.15, 0.2) is 58.6 Å². The summed E-state index contributed by atoms with van der Waals surface area (Å²) in [4.78, 5) is 11.8. The normalized spacial score (nSPS) is 10.9. The van der Waals surface area contributed by atoms with E-state index in [9.17, 15) is 4.79 Å². The molecule has 144 valence electrons. The van der Waals surface area contributed by atoms with Gasteiger partial charge in [-0.1, -0.05) is 29.8 Å². The first kappa shape index (κ1) is 19.8. The Bertz CT molecular complexity index is 1080. The summed E-state index contributed by atoms with van der Waals surface area (Å²) >= 11 is 11.2. The predicted molar refractivity (Wildman–Crippen MR) is 110 cm³/mol. The van der Waals surface area contributed by atoms with Crippen molar-refractivity contribution in [3.8, 4) is 11.5 Å². The molecule has 0 radical (unpaired) electrons. The molecule has 0 spiro atoms. The van der Waals surface area contributed by atoms with Crippen LogP contribution < -0.4 is 15.0 Å². The molecule has 9 heteroatoms. The molecule has 0 fully saturated rings. The Morgan fingerprint density at radius 3 is 2.82 bits per heavy atom. The zero-order valence-corrected chi connectivity index (χ0v) is 16.5. The van der Waals surface area contributed by atoms with Crippen molar-refractivity contribution in [2.45, 2.75) is 13.5 Å². The van der Waals surface area contributed by atoms with Crippen molar-refractivity contribution in [2.24, 2.45) is 5.10 Å². The third-order valence-corrected chi connectivity index (χ3v) is 4.30. The first-order valence-corrected chi connectivity index (χ1v) is 9.21. The fraction of sp³-hybridized carbons (Fsp3) is 0.158. The second kappa shape index (κ2) is 9.29. The number of nitrogens with one attached hydrogen (secondary N) is 1. The Kier molecular flexibility index (Phi) is 6.57. The van der Waals surface area contributed by atoms with Crippen LogP contribution in [0.2, 0.25) is 5.02 Å². The first-order valence-electron chi connectivity index (χ1n) is 8.42. The molecule has 1 aromatic heterocycles. The number of hydrogen-bond donors (Lipinski definition) is 1. The van der Waals surface area contributed by atoms with Crippen molar-refractivity contribution in [3.63, 3.8) is 0 Å². The SMILES string of the molecule is CCOc1cc(/C=N\n2c(=O)cn[nH]c2=S)ccc1OCc1ccccc1Cl. The van der Waals surface area contributed by atoms with Crippen molar-refractivity contribution in [1.29, 1.82) is 0 Å². The van der Waals surface area contributed by atoms with E-state index in [1.807, 2.05) is 31.2 Å². The number of halogens is 1. The average Bonchev–Trinajstić information content (AvgIpc) is 2.68. The first-order chi connectivity index (χ1) is 13.6. The van der Waals surface area contributed by atoms with Crippen molar-refractivity contribution in [2.75, 3.05) is 6.61 Å². The highest BCUT2D eigenvalue weighted by atomic mass is 35.5. The van der Waals surface area contributed by atoms with Gasteiger partial charge in [-0.3, -0.25) is 9.89 Å². The molecular weight excluding hydrogens is 400 g/mol. The number of aromatic nitrogens is 3. The zero-order chi connectivity index (χ0) is 19.9. The molecule has 2 aromatic carbocycles. The maximum atomic E-state index is 11.8. The lowest BCUT2D eigenvalue weighted by Crippen LogP contribution is -2.18. The second-order valence-electron chi connectivity index (χ2n) is 5.59. The predicted octanol–water partition coefficient (Wildman–Crippen LogP) is 3.81. The number of nitrogens with zero attached hydrogens (tertiary/aromatic N) is 3. The van der Waals surface area contributed by atoms with E-state index in [2.05, 4.69) is 15.3 Å². The highest BCUT2D eigenvalue weighted by Crippen LogP contribution is 2.29. The van der Waals surface area contributed by atoms with Crippen LogP contribution in [0, 0.1) is 4.77 Å². The Morgan fingerprint density at radius 1 is 1.25 bits per heavy atom. The van der Waals surface area contributed by atoms with E-state index in [0.29, 0.717) is 35.3 Å². The molecule has 7 nitrogen and oxygen atoms in total. The van der Waals surface area contributed by atoms with Gasteiger partial charge in [0.05, 0.1) is 12.8 Å². The Labute approximate surface area is 171 Å². The molecule has 1 N–H and O–H groups in total. The molecule has 0 bridgehead atoms. The summed E-state index contributed by atoms with van der Waals surface area (Å²) < 4.78 is 12.7. The fourth-order valence-electron chi connectivity index (χ4n) is 2.34. The monoisotopic (exact) mass is 416 g/mol. The topological polar surface area (TPSA) is 81.5 Å². The van der Waals surface area contributed by atoms with Gasteiger partial charge in [0, 0.05) is 10.6 Å². The summed E-state index contributed by atoms with van der Waals surface area (Å²) in [6.45, 7) is 2.67. The van der Waals surface area contributed by atoms with Gasteiger partial charge in [0.2, 0.25) is 4.77 Å². The molecule has 0 saturated heterocycles. The third-order valence-electron chi connectivity index (χ3n) is 3.67. The molecule has 0 aliphatic rings. The van der Waals surface area contributed by atoms with Crippen LogP contribution in [0.4, 0.5) is 0 Å². The Morgan fingerprint density at radius 2 is 2.07 bits per heavy atom. The molecule has 3 rings (SSSR count). The lowest BCUT2D eigenvalue weighted by atomic mass is 10.2. The molecule has 0 saturated carbocycles. The summed E-state index contributed by atoms with van der Waals surface area (Å²) in [5, 5.41) is 10.9. The molecule has 0 aliphatic carbocycles. The van der Waals surface area contributed by atoms with Gasteiger partial charge in [0.25, 0.3) is 5.56 Å². The molecule has 0 aliphatic heterocycles. The summed E-state index contributed by atoms with van der Waals surface area (Å²) in [5.41, 5.74) is 1.17. The van der Waals surface area contributed by atoms with Crippen molar-refractivity contribution in [3.05, 3.63) is 79.9 Å². The van der Waals surface area contributed by atoms with Crippen molar-refractivity contribution in [1.82, 2.24) is 14.9 Å². The van der Waals surface area contributed by atoms with E-state index in [1.54, 1.807) is 18.2 Å². The van der Waals surface area contributed by atoms with E-state index in [1.165, 1.54) is 6.21 Å². The second-order valence-corrected chi connectivity index (χ2v) is 6.38. The van der Waals surface area contributed by atoms with Crippen LogP contribution in [0.5, 0.6) is 11.5 Å². The third kappa shape index (κ3) is 4.85. The maximum Gasteiger partial charge on any atom is 0.293 e. The highest BCUT2D eigenvalue weighted by molar-refractivity contribution is 7.71. The smallest absolute Gasteiger partial charge is 0.293 e. The number of aromatic amines is 1. The van der Waals surface area contributed by atoms with Gasteiger partial charge in [-0.2, -0.15) is 14.9 Å². The largest absolute Gasteiger partial charge is 0.490 e. The summed E-state index contributed by atoms with van der Waals surface area (Å²) in [6, 6.07) is 12.8. The minimum atomic E-state index is -0.426. The molecule has 1 heterocycles. The Hall–Kier alpha value is -2.97. The van der Waals surface area contributed by atoms with Crippen molar-refractivity contribution >= 4 is 30.0 Å². The van der Waals surface area contributed by atoms with Crippen LogP contribution in [0.25, 0.3) is 0 Å². The van der Waals surface area contributed by atoms with Gasteiger partial charge in [0.1, 0.15) is 12.8 Å².